The van der Waals surface area contributed by atoms with Crippen LogP contribution in [0.25, 0.3) is 10.2 Å². The first-order valence-electron chi connectivity index (χ1n) is 9.69. The van der Waals surface area contributed by atoms with Crippen LogP contribution in [0.15, 0.2) is 65.7 Å². The van der Waals surface area contributed by atoms with Gasteiger partial charge in [0.15, 0.2) is 0 Å². The number of rotatable bonds is 3. The van der Waals surface area contributed by atoms with Gasteiger partial charge in [-0.3, -0.25) is 14.2 Å². The van der Waals surface area contributed by atoms with E-state index < -0.39 is 5.82 Å². The van der Waals surface area contributed by atoms with Gasteiger partial charge in [0.05, 0.1) is 30.4 Å². The number of hydrogen-bond donors (Lipinski definition) is 0. The van der Waals surface area contributed by atoms with Crippen molar-refractivity contribution in [1.29, 1.82) is 0 Å². The third kappa shape index (κ3) is 3.21. The van der Waals surface area contributed by atoms with Crippen LogP contribution in [0, 0.1) is 5.82 Å². The lowest BCUT2D eigenvalue weighted by atomic mass is 10.0. The Morgan fingerprint density at radius 3 is 2.67 bits per heavy atom. The maximum atomic E-state index is 14.0. The Hall–Kier alpha value is -3.32. The van der Waals surface area contributed by atoms with Crippen molar-refractivity contribution in [3.8, 4) is 0 Å². The van der Waals surface area contributed by atoms with Crippen molar-refractivity contribution in [3.05, 3.63) is 98.7 Å². The first kappa shape index (κ1) is 18.7. The third-order valence-corrected chi connectivity index (χ3v) is 6.54. The van der Waals surface area contributed by atoms with Crippen LogP contribution >= 0.6 is 11.3 Å². The van der Waals surface area contributed by atoms with Crippen LogP contribution < -0.4 is 5.56 Å². The second-order valence-corrected chi connectivity index (χ2v) is 8.39. The van der Waals surface area contributed by atoms with Crippen molar-refractivity contribution >= 4 is 27.5 Å². The number of halogens is 1. The van der Waals surface area contributed by atoms with E-state index in [1.807, 2.05) is 30.3 Å². The Morgan fingerprint density at radius 1 is 1.10 bits per heavy atom. The predicted molar refractivity (Wildman–Crippen MR) is 114 cm³/mol. The summed E-state index contributed by atoms with van der Waals surface area (Å²) in [6, 6.07) is 15.8. The van der Waals surface area contributed by atoms with Gasteiger partial charge in [-0.2, -0.15) is 0 Å². The molecule has 0 atom stereocenters. The molecule has 150 valence electrons. The fourth-order valence-electron chi connectivity index (χ4n) is 3.89. The number of benzene rings is 2. The highest BCUT2D eigenvalue weighted by molar-refractivity contribution is 7.18. The van der Waals surface area contributed by atoms with Crippen LogP contribution in [0.5, 0.6) is 0 Å². The zero-order valence-corrected chi connectivity index (χ0v) is 16.9. The predicted octanol–water partition coefficient (Wildman–Crippen LogP) is 3.84. The summed E-state index contributed by atoms with van der Waals surface area (Å²) in [7, 11) is 0. The van der Waals surface area contributed by atoms with Gasteiger partial charge in [0.25, 0.3) is 11.5 Å². The zero-order valence-electron chi connectivity index (χ0n) is 16.0. The Labute approximate surface area is 176 Å². The van der Waals surface area contributed by atoms with E-state index in [9.17, 15) is 14.0 Å². The molecule has 0 fully saturated rings. The molecule has 0 unspecified atom stereocenters. The number of fused-ring (bicyclic) bond motifs is 3. The van der Waals surface area contributed by atoms with Gasteiger partial charge in [-0.05, 0) is 29.7 Å². The molecule has 1 aliphatic heterocycles. The number of carbonyl (C=O) groups is 1. The number of aromatic nitrogens is 2. The summed E-state index contributed by atoms with van der Waals surface area (Å²) >= 11 is 1.44. The molecular weight excluding hydrogens is 401 g/mol. The van der Waals surface area contributed by atoms with Crippen LogP contribution in [-0.4, -0.2) is 26.9 Å². The zero-order chi connectivity index (χ0) is 20.7. The van der Waals surface area contributed by atoms with Crippen LogP contribution in [0.2, 0.25) is 0 Å². The number of amides is 1. The highest BCUT2D eigenvalue weighted by Gasteiger charge is 2.28. The first-order valence-corrected chi connectivity index (χ1v) is 10.5. The number of thiophene rings is 1. The van der Waals surface area contributed by atoms with E-state index in [0.717, 1.165) is 16.0 Å². The number of hydrogen-bond acceptors (Lipinski definition) is 4. The van der Waals surface area contributed by atoms with Gasteiger partial charge < -0.3 is 4.90 Å². The summed E-state index contributed by atoms with van der Waals surface area (Å²) in [4.78, 5) is 33.7. The van der Waals surface area contributed by atoms with Gasteiger partial charge in [-0.1, -0.05) is 42.5 Å². The van der Waals surface area contributed by atoms with Crippen molar-refractivity contribution in [2.45, 2.75) is 19.5 Å². The number of carbonyl (C=O) groups excluding carboxylic acids is 1. The van der Waals surface area contributed by atoms with Crippen molar-refractivity contribution in [2.75, 3.05) is 6.54 Å². The standard InChI is InChI=1S/C23H18FN3O2S/c24-18-9-5-4-8-16(18)22(28)26-11-10-17-19(13-26)30-21-20(17)23(29)27(14-25-21)12-15-6-2-1-3-7-15/h1-9,14H,10-13H2. The molecule has 4 aromatic rings. The second kappa shape index (κ2) is 7.50. The lowest BCUT2D eigenvalue weighted by Crippen LogP contribution is -2.36. The minimum atomic E-state index is -0.518. The van der Waals surface area contributed by atoms with Gasteiger partial charge in [0, 0.05) is 11.4 Å². The minimum Gasteiger partial charge on any atom is -0.333 e. The first-order chi connectivity index (χ1) is 14.6. The van der Waals surface area contributed by atoms with Crippen LogP contribution in [-0.2, 0) is 19.5 Å². The van der Waals surface area contributed by atoms with Crippen molar-refractivity contribution in [3.63, 3.8) is 0 Å². The minimum absolute atomic E-state index is 0.0600. The molecule has 0 saturated carbocycles. The van der Waals surface area contributed by atoms with E-state index in [4.69, 9.17) is 0 Å². The van der Waals surface area contributed by atoms with E-state index in [1.54, 1.807) is 27.9 Å². The molecule has 0 saturated heterocycles. The van der Waals surface area contributed by atoms with Crippen LogP contribution in [0.3, 0.4) is 0 Å². The van der Waals surface area contributed by atoms with Gasteiger partial charge in [0.2, 0.25) is 0 Å². The Bertz CT molecular complexity index is 1310. The Balaban J connectivity index is 1.48. The highest BCUT2D eigenvalue weighted by Crippen LogP contribution is 2.33. The maximum Gasteiger partial charge on any atom is 0.262 e. The molecule has 5 nitrogen and oxygen atoms in total. The smallest absolute Gasteiger partial charge is 0.262 e. The quantitative estimate of drug-likeness (QED) is 0.507. The normalized spacial score (nSPS) is 13.4. The maximum absolute atomic E-state index is 14.0. The van der Waals surface area contributed by atoms with E-state index >= 15 is 0 Å². The average Bonchev–Trinajstić information content (AvgIpc) is 3.15. The molecular formula is C23H18FN3O2S. The topological polar surface area (TPSA) is 55.2 Å². The summed E-state index contributed by atoms with van der Waals surface area (Å²) in [5.74, 6) is -0.847. The molecule has 30 heavy (non-hydrogen) atoms. The van der Waals surface area contributed by atoms with Crippen LogP contribution in [0.4, 0.5) is 4.39 Å². The van der Waals surface area contributed by atoms with Crippen molar-refractivity contribution in [2.24, 2.45) is 0 Å². The molecule has 0 N–H and O–H groups in total. The van der Waals surface area contributed by atoms with Crippen molar-refractivity contribution < 1.29 is 9.18 Å². The average molecular weight is 419 g/mol. The van der Waals surface area contributed by atoms with Gasteiger partial charge in [-0.25, -0.2) is 9.37 Å². The van der Waals surface area contributed by atoms with E-state index in [1.165, 1.54) is 23.5 Å². The van der Waals surface area contributed by atoms with Gasteiger partial charge in [0.1, 0.15) is 10.6 Å². The van der Waals surface area contributed by atoms with Gasteiger partial charge >= 0.3 is 0 Å². The van der Waals surface area contributed by atoms with Crippen LogP contribution in [0.1, 0.15) is 26.4 Å². The summed E-state index contributed by atoms with van der Waals surface area (Å²) in [5, 5.41) is 0.645. The summed E-state index contributed by atoms with van der Waals surface area (Å²) < 4.78 is 15.7. The molecule has 2 aromatic carbocycles. The monoisotopic (exact) mass is 419 g/mol. The summed E-state index contributed by atoms with van der Waals surface area (Å²) in [6.45, 7) is 1.27. The second-order valence-electron chi connectivity index (χ2n) is 7.30. The Morgan fingerprint density at radius 2 is 1.87 bits per heavy atom. The van der Waals surface area contributed by atoms with Crippen molar-refractivity contribution in [1.82, 2.24) is 14.5 Å². The fraction of sp³-hybridized carbons (Fsp3) is 0.174. The molecule has 7 heteroatoms. The third-order valence-electron chi connectivity index (χ3n) is 5.41. The van der Waals surface area contributed by atoms with Gasteiger partial charge in [-0.15, -0.1) is 11.3 Å². The molecule has 1 amide bonds. The lowest BCUT2D eigenvalue weighted by Gasteiger charge is -2.27. The molecule has 0 bridgehead atoms. The highest BCUT2D eigenvalue weighted by atomic mass is 32.1. The van der Waals surface area contributed by atoms with E-state index in [2.05, 4.69) is 4.98 Å². The molecule has 0 aliphatic carbocycles. The Kier molecular flexibility index (Phi) is 4.67. The SMILES string of the molecule is O=C(c1ccccc1F)N1CCc2c(sc3ncn(Cc4ccccc4)c(=O)c23)C1. The number of nitrogens with zero attached hydrogens (tertiary/aromatic N) is 3. The lowest BCUT2D eigenvalue weighted by molar-refractivity contribution is 0.0732. The summed E-state index contributed by atoms with van der Waals surface area (Å²) in [6.07, 6.45) is 2.14. The molecule has 2 aromatic heterocycles. The molecule has 5 rings (SSSR count). The largest absolute Gasteiger partial charge is 0.333 e. The fourth-order valence-corrected chi connectivity index (χ4v) is 5.08. The molecule has 1 aliphatic rings. The molecule has 0 radical (unpaired) electrons. The molecule has 3 heterocycles. The van der Waals surface area contributed by atoms with E-state index in [0.29, 0.717) is 36.3 Å². The molecule has 0 spiro atoms. The summed E-state index contributed by atoms with van der Waals surface area (Å²) in [5.41, 5.74) is 2.01. The van der Waals surface area contributed by atoms with E-state index in [-0.39, 0.29) is 17.0 Å².